The maximum atomic E-state index is 12.4. The zero-order valence-electron chi connectivity index (χ0n) is 11.8. The molecule has 3 N–H and O–H groups in total. The lowest BCUT2D eigenvalue weighted by Gasteiger charge is -2.14. The van der Waals surface area contributed by atoms with Gasteiger partial charge in [-0.25, -0.2) is 8.42 Å². The number of hydrogen-bond acceptors (Lipinski definition) is 3. The molecule has 0 bridgehead atoms. The third kappa shape index (κ3) is 2.63. The Bertz CT molecular complexity index is 752. The summed E-state index contributed by atoms with van der Waals surface area (Å²) in [4.78, 5) is 0.276. The van der Waals surface area contributed by atoms with Crippen molar-refractivity contribution in [3.05, 3.63) is 53.1 Å². The Balaban J connectivity index is 2.45. The summed E-state index contributed by atoms with van der Waals surface area (Å²) in [6.45, 7) is 5.46. The number of sulfonamides is 1. The van der Waals surface area contributed by atoms with Gasteiger partial charge in [0, 0.05) is 5.69 Å². The first-order valence-electron chi connectivity index (χ1n) is 6.27. The summed E-state index contributed by atoms with van der Waals surface area (Å²) in [5.74, 6) is 0. The van der Waals surface area contributed by atoms with Crippen molar-refractivity contribution in [3.8, 4) is 0 Å². The second kappa shape index (κ2) is 5.17. The predicted molar refractivity (Wildman–Crippen MR) is 82.3 cm³/mol. The zero-order valence-corrected chi connectivity index (χ0v) is 12.6. The zero-order chi connectivity index (χ0) is 14.9. The second-order valence-corrected chi connectivity index (χ2v) is 6.49. The van der Waals surface area contributed by atoms with Crippen LogP contribution in [0.25, 0.3) is 0 Å². The van der Waals surface area contributed by atoms with Gasteiger partial charge >= 0.3 is 0 Å². The molecule has 2 rings (SSSR count). The molecular formula is C15H18N2O2S. The number of benzene rings is 2. The fourth-order valence-electron chi connectivity index (χ4n) is 2.03. The largest absolute Gasteiger partial charge is 0.398 e. The highest BCUT2D eigenvalue weighted by atomic mass is 32.2. The topological polar surface area (TPSA) is 72.2 Å². The van der Waals surface area contributed by atoms with Crippen LogP contribution in [0.1, 0.15) is 16.7 Å². The number of nitrogens with one attached hydrogen (secondary N) is 1. The maximum absolute atomic E-state index is 12.4. The van der Waals surface area contributed by atoms with E-state index < -0.39 is 10.0 Å². The molecule has 2 aromatic carbocycles. The van der Waals surface area contributed by atoms with Crippen molar-refractivity contribution in [2.45, 2.75) is 25.7 Å². The standard InChI is InChI=1S/C15H18N2O2S/c1-10-6-4-5-7-14(10)20(18,19)17-13-9-8-11(2)15(16)12(13)3/h4-9,17H,16H2,1-3H3. The average molecular weight is 290 g/mol. The molecule has 0 saturated heterocycles. The van der Waals surface area contributed by atoms with E-state index in [1.54, 1.807) is 44.2 Å². The predicted octanol–water partition coefficient (Wildman–Crippen LogP) is 2.99. The van der Waals surface area contributed by atoms with Gasteiger partial charge in [0.25, 0.3) is 10.0 Å². The van der Waals surface area contributed by atoms with Crippen LogP contribution in [0.4, 0.5) is 11.4 Å². The van der Waals surface area contributed by atoms with Crippen molar-refractivity contribution in [2.24, 2.45) is 0 Å². The van der Waals surface area contributed by atoms with E-state index in [2.05, 4.69) is 4.72 Å². The Kier molecular flexibility index (Phi) is 3.72. The Morgan fingerprint density at radius 3 is 2.25 bits per heavy atom. The number of rotatable bonds is 3. The monoisotopic (exact) mass is 290 g/mol. The van der Waals surface area contributed by atoms with Crippen LogP contribution in [0.5, 0.6) is 0 Å². The molecule has 0 aliphatic carbocycles. The fourth-order valence-corrected chi connectivity index (χ4v) is 3.40. The molecule has 0 spiro atoms. The van der Waals surface area contributed by atoms with Crippen molar-refractivity contribution in [1.29, 1.82) is 0 Å². The van der Waals surface area contributed by atoms with E-state index in [1.807, 2.05) is 13.0 Å². The molecule has 5 heteroatoms. The van der Waals surface area contributed by atoms with Gasteiger partial charge in [-0.2, -0.15) is 0 Å². The summed E-state index contributed by atoms with van der Waals surface area (Å²) >= 11 is 0. The van der Waals surface area contributed by atoms with Gasteiger partial charge in [-0.05, 0) is 49.6 Å². The molecule has 0 unspecified atom stereocenters. The van der Waals surface area contributed by atoms with E-state index in [9.17, 15) is 8.42 Å². The Hall–Kier alpha value is -2.01. The van der Waals surface area contributed by atoms with Gasteiger partial charge in [0.2, 0.25) is 0 Å². The maximum Gasteiger partial charge on any atom is 0.262 e. The third-order valence-electron chi connectivity index (χ3n) is 3.36. The van der Waals surface area contributed by atoms with Gasteiger partial charge in [-0.3, -0.25) is 4.72 Å². The Morgan fingerprint density at radius 2 is 1.60 bits per heavy atom. The van der Waals surface area contributed by atoms with Crippen molar-refractivity contribution >= 4 is 21.4 Å². The highest BCUT2D eigenvalue weighted by Gasteiger charge is 2.18. The van der Waals surface area contributed by atoms with Gasteiger partial charge in [0.05, 0.1) is 10.6 Å². The quantitative estimate of drug-likeness (QED) is 0.854. The first-order valence-corrected chi connectivity index (χ1v) is 7.75. The lowest BCUT2D eigenvalue weighted by Crippen LogP contribution is -2.15. The van der Waals surface area contributed by atoms with Crippen LogP contribution in [-0.2, 0) is 10.0 Å². The molecule has 0 radical (unpaired) electrons. The van der Waals surface area contributed by atoms with Crippen LogP contribution >= 0.6 is 0 Å². The van der Waals surface area contributed by atoms with E-state index in [1.165, 1.54) is 0 Å². The second-order valence-electron chi connectivity index (χ2n) is 4.84. The molecule has 0 heterocycles. The molecule has 0 amide bonds. The summed E-state index contributed by atoms with van der Waals surface area (Å²) in [6.07, 6.45) is 0. The molecule has 0 aliphatic rings. The van der Waals surface area contributed by atoms with Crippen LogP contribution < -0.4 is 10.5 Å². The average Bonchev–Trinajstić information content (AvgIpc) is 2.40. The van der Waals surface area contributed by atoms with Gasteiger partial charge in [0.1, 0.15) is 0 Å². The summed E-state index contributed by atoms with van der Waals surface area (Å²) in [5.41, 5.74) is 9.43. The summed E-state index contributed by atoms with van der Waals surface area (Å²) in [7, 11) is -3.60. The highest BCUT2D eigenvalue weighted by Crippen LogP contribution is 2.27. The number of anilines is 2. The van der Waals surface area contributed by atoms with Crippen LogP contribution in [0.3, 0.4) is 0 Å². The Morgan fingerprint density at radius 1 is 0.950 bits per heavy atom. The first kappa shape index (κ1) is 14.4. The molecular weight excluding hydrogens is 272 g/mol. The van der Waals surface area contributed by atoms with E-state index in [0.29, 0.717) is 16.9 Å². The van der Waals surface area contributed by atoms with Crippen LogP contribution in [0, 0.1) is 20.8 Å². The minimum absolute atomic E-state index is 0.276. The number of aryl methyl sites for hydroxylation is 2. The summed E-state index contributed by atoms with van der Waals surface area (Å²) in [5, 5.41) is 0. The van der Waals surface area contributed by atoms with Gasteiger partial charge < -0.3 is 5.73 Å². The molecule has 0 aliphatic heterocycles. The molecule has 2 aromatic rings. The van der Waals surface area contributed by atoms with Crippen LogP contribution in [-0.4, -0.2) is 8.42 Å². The molecule has 0 aromatic heterocycles. The van der Waals surface area contributed by atoms with E-state index >= 15 is 0 Å². The normalized spacial score (nSPS) is 11.3. The van der Waals surface area contributed by atoms with Crippen LogP contribution in [0.2, 0.25) is 0 Å². The highest BCUT2D eigenvalue weighted by molar-refractivity contribution is 7.92. The van der Waals surface area contributed by atoms with Crippen molar-refractivity contribution in [3.63, 3.8) is 0 Å². The number of nitrogen functional groups attached to an aromatic ring is 1. The van der Waals surface area contributed by atoms with Crippen molar-refractivity contribution in [2.75, 3.05) is 10.5 Å². The fraction of sp³-hybridized carbons (Fsp3) is 0.200. The molecule has 0 atom stereocenters. The Labute approximate surface area is 119 Å². The van der Waals surface area contributed by atoms with Gasteiger partial charge in [-0.1, -0.05) is 24.3 Å². The molecule has 106 valence electrons. The SMILES string of the molecule is Cc1ccccc1S(=O)(=O)Nc1ccc(C)c(N)c1C. The summed E-state index contributed by atoms with van der Waals surface area (Å²) < 4.78 is 27.4. The number of nitrogens with two attached hydrogens (primary N) is 1. The molecule has 0 saturated carbocycles. The van der Waals surface area contributed by atoms with E-state index in [4.69, 9.17) is 5.73 Å². The first-order chi connectivity index (χ1) is 9.33. The molecule has 4 nitrogen and oxygen atoms in total. The van der Waals surface area contributed by atoms with Gasteiger partial charge in [-0.15, -0.1) is 0 Å². The summed E-state index contributed by atoms with van der Waals surface area (Å²) in [6, 6.07) is 10.4. The minimum Gasteiger partial charge on any atom is -0.398 e. The van der Waals surface area contributed by atoms with Gasteiger partial charge in [0.15, 0.2) is 0 Å². The van der Waals surface area contributed by atoms with Crippen LogP contribution in [0.15, 0.2) is 41.3 Å². The third-order valence-corrected chi connectivity index (χ3v) is 4.89. The minimum atomic E-state index is -3.60. The smallest absolute Gasteiger partial charge is 0.262 e. The lowest BCUT2D eigenvalue weighted by atomic mass is 10.1. The number of hydrogen-bond donors (Lipinski definition) is 2. The van der Waals surface area contributed by atoms with E-state index in [0.717, 1.165) is 11.1 Å². The van der Waals surface area contributed by atoms with E-state index in [-0.39, 0.29) is 4.90 Å². The molecule has 20 heavy (non-hydrogen) atoms. The lowest BCUT2D eigenvalue weighted by molar-refractivity contribution is 0.600. The van der Waals surface area contributed by atoms with Crippen molar-refractivity contribution in [1.82, 2.24) is 0 Å². The van der Waals surface area contributed by atoms with Crippen molar-refractivity contribution < 1.29 is 8.42 Å². The molecule has 0 fully saturated rings.